The monoisotopic (exact) mass is 489 g/mol. The largest absolute Gasteiger partial charge is 1.00 e. The maximum absolute atomic E-state index is 13.0. The molecule has 2 aromatic heterocycles. The lowest BCUT2D eigenvalue weighted by atomic mass is 10.2. The summed E-state index contributed by atoms with van der Waals surface area (Å²) in [7, 11) is 3.68. The lowest BCUT2D eigenvalue weighted by molar-refractivity contribution is -0.611. The second kappa shape index (κ2) is 11.5. The van der Waals surface area contributed by atoms with Gasteiger partial charge in [-0.05, 0) is 49.6 Å². The Labute approximate surface area is 195 Å². The standard InChI is InChI=1S/C22H27F3N3S2.ClH/c1-4-5-6-7-10-29-30-14-20-16(3)11-15(2)13-28(20)21-26-18-9-8-17(22(23,24)25)12-19(18)27-21;/h8-9,11-13H,4-7,10,14H2,1-3H3,(H,26,27);1H/q+1;/p-1. The molecule has 31 heavy (non-hydrogen) atoms. The molecule has 3 aromatic rings. The predicted molar refractivity (Wildman–Crippen MR) is 120 cm³/mol. The number of aryl methyl sites for hydroxylation is 2. The van der Waals surface area contributed by atoms with Crippen LogP contribution in [0.3, 0.4) is 0 Å². The van der Waals surface area contributed by atoms with Crippen LogP contribution in [0.25, 0.3) is 17.0 Å². The third-order valence-corrected chi connectivity index (χ3v) is 7.28. The molecule has 0 unspecified atom stereocenters. The van der Waals surface area contributed by atoms with E-state index in [-0.39, 0.29) is 12.4 Å². The van der Waals surface area contributed by atoms with Crippen molar-refractivity contribution in [1.82, 2.24) is 9.97 Å². The highest BCUT2D eigenvalue weighted by atomic mass is 35.5. The zero-order valence-electron chi connectivity index (χ0n) is 17.9. The molecule has 0 spiro atoms. The van der Waals surface area contributed by atoms with Crippen LogP contribution in [-0.2, 0) is 11.9 Å². The summed E-state index contributed by atoms with van der Waals surface area (Å²) in [5.41, 5.74) is 3.54. The number of pyridine rings is 1. The second-order valence-electron chi connectivity index (χ2n) is 7.45. The van der Waals surface area contributed by atoms with Crippen molar-refractivity contribution >= 4 is 32.6 Å². The van der Waals surface area contributed by atoms with Crippen molar-refractivity contribution in [2.45, 2.75) is 58.4 Å². The minimum atomic E-state index is -4.38. The fourth-order valence-electron chi connectivity index (χ4n) is 3.33. The molecule has 2 heterocycles. The first-order chi connectivity index (χ1) is 14.3. The van der Waals surface area contributed by atoms with Crippen molar-refractivity contribution in [2.24, 2.45) is 0 Å². The van der Waals surface area contributed by atoms with Gasteiger partial charge in [0.05, 0.1) is 23.2 Å². The number of aromatic nitrogens is 3. The molecule has 3 nitrogen and oxygen atoms in total. The van der Waals surface area contributed by atoms with Crippen LogP contribution < -0.4 is 17.0 Å². The molecule has 0 atom stereocenters. The number of fused-ring (bicyclic) bond motifs is 1. The van der Waals surface area contributed by atoms with Crippen LogP contribution in [0.5, 0.6) is 0 Å². The van der Waals surface area contributed by atoms with Crippen LogP contribution in [0.15, 0.2) is 30.5 Å². The van der Waals surface area contributed by atoms with E-state index in [1.807, 2.05) is 39.3 Å². The summed E-state index contributed by atoms with van der Waals surface area (Å²) in [6.45, 7) is 6.28. The Bertz CT molecular complexity index is 1010. The van der Waals surface area contributed by atoms with Gasteiger partial charge in [0.2, 0.25) is 0 Å². The number of imidazole rings is 1. The van der Waals surface area contributed by atoms with E-state index in [0.29, 0.717) is 17.0 Å². The van der Waals surface area contributed by atoms with Crippen LogP contribution in [0.2, 0.25) is 0 Å². The van der Waals surface area contributed by atoms with Gasteiger partial charge < -0.3 is 12.4 Å². The topological polar surface area (TPSA) is 32.6 Å². The fourth-order valence-corrected chi connectivity index (χ4v) is 5.63. The van der Waals surface area contributed by atoms with Gasteiger partial charge in [-0.1, -0.05) is 58.8 Å². The number of unbranched alkanes of at least 4 members (excludes halogenated alkanes) is 3. The van der Waals surface area contributed by atoms with E-state index in [9.17, 15) is 13.2 Å². The second-order valence-corrected chi connectivity index (χ2v) is 10.0. The minimum absolute atomic E-state index is 0. The Balaban J connectivity index is 0.00000341. The van der Waals surface area contributed by atoms with E-state index in [2.05, 4.69) is 29.9 Å². The summed E-state index contributed by atoms with van der Waals surface area (Å²) in [4.78, 5) is 7.65. The molecule has 9 heteroatoms. The minimum Gasteiger partial charge on any atom is -1.00 e. The number of nitrogens with zero attached hydrogens (tertiary/aromatic N) is 2. The van der Waals surface area contributed by atoms with Crippen LogP contribution in [-0.4, -0.2) is 15.7 Å². The molecule has 0 aliphatic heterocycles. The number of benzene rings is 1. The van der Waals surface area contributed by atoms with Crippen molar-refractivity contribution < 1.29 is 30.1 Å². The lowest BCUT2D eigenvalue weighted by Gasteiger charge is -2.10. The number of hydrogen-bond acceptors (Lipinski definition) is 3. The summed E-state index contributed by atoms with van der Waals surface area (Å²) < 4.78 is 41.1. The molecule has 0 saturated heterocycles. The number of alkyl halides is 3. The molecule has 1 N–H and O–H groups in total. The molecule has 1 aromatic carbocycles. The maximum Gasteiger partial charge on any atom is 0.416 e. The third-order valence-electron chi connectivity index (χ3n) is 4.91. The van der Waals surface area contributed by atoms with Gasteiger partial charge in [0, 0.05) is 5.75 Å². The number of aromatic amines is 1. The lowest BCUT2D eigenvalue weighted by Crippen LogP contribution is -3.00. The molecular formula is C22H27ClF3N3S2. The van der Waals surface area contributed by atoms with Gasteiger partial charge in [-0.15, -0.1) is 0 Å². The van der Waals surface area contributed by atoms with Gasteiger partial charge in [0.25, 0.3) is 0 Å². The quantitative estimate of drug-likeness (QED) is 0.281. The first kappa shape index (κ1) is 25.9. The molecule has 0 amide bonds. The van der Waals surface area contributed by atoms with Gasteiger partial charge in [0.15, 0.2) is 5.52 Å². The SMILES string of the molecule is CCCCCCSSCc1c(C)cc(C)c[n+]1-c1nc2cc(C(F)(F)F)ccc2[nH]1.[Cl-]. The van der Waals surface area contributed by atoms with Crippen molar-refractivity contribution in [3.63, 3.8) is 0 Å². The van der Waals surface area contributed by atoms with Gasteiger partial charge in [-0.25, -0.2) is 9.55 Å². The Morgan fingerprint density at radius 3 is 2.55 bits per heavy atom. The zero-order chi connectivity index (χ0) is 21.7. The van der Waals surface area contributed by atoms with Crippen LogP contribution >= 0.6 is 21.6 Å². The molecule has 170 valence electrons. The molecule has 0 bridgehead atoms. The predicted octanol–water partition coefficient (Wildman–Crippen LogP) is 3.94. The molecule has 0 aliphatic rings. The molecule has 0 radical (unpaired) electrons. The van der Waals surface area contributed by atoms with Gasteiger partial charge in [-0.3, -0.25) is 0 Å². The summed E-state index contributed by atoms with van der Waals surface area (Å²) in [6, 6.07) is 5.75. The molecular weight excluding hydrogens is 463 g/mol. The van der Waals surface area contributed by atoms with Crippen LogP contribution in [0.1, 0.15) is 55.0 Å². The number of nitrogens with one attached hydrogen (secondary N) is 1. The first-order valence-electron chi connectivity index (χ1n) is 10.1. The number of H-pyrrole nitrogens is 1. The van der Waals surface area contributed by atoms with Crippen molar-refractivity contribution in [3.8, 4) is 5.95 Å². The Morgan fingerprint density at radius 1 is 1.06 bits per heavy atom. The van der Waals surface area contributed by atoms with E-state index in [1.165, 1.54) is 31.7 Å². The summed E-state index contributed by atoms with van der Waals surface area (Å²) in [5.74, 6) is 2.47. The van der Waals surface area contributed by atoms with Crippen LogP contribution in [0.4, 0.5) is 13.2 Å². The van der Waals surface area contributed by atoms with E-state index in [0.717, 1.165) is 40.5 Å². The highest BCUT2D eigenvalue weighted by molar-refractivity contribution is 8.76. The fraction of sp³-hybridized carbons (Fsp3) is 0.455. The zero-order valence-corrected chi connectivity index (χ0v) is 20.2. The maximum atomic E-state index is 13.0. The highest BCUT2D eigenvalue weighted by Crippen LogP contribution is 2.31. The Morgan fingerprint density at radius 2 is 1.84 bits per heavy atom. The molecule has 3 rings (SSSR count). The summed E-state index contributed by atoms with van der Waals surface area (Å²) in [5, 5.41) is 0. The van der Waals surface area contributed by atoms with Crippen molar-refractivity contribution in [3.05, 3.63) is 52.8 Å². The Hall–Kier alpha value is -1.38. The van der Waals surface area contributed by atoms with Gasteiger partial charge in [-0.2, -0.15) is 13.2 Å². The van der Waals surface area contributed by atoms with Crippen molar-refractivity contribution in [1.29, 1.82) is 0 Å². The van der Waals surface area contributed by atoms with Crippen LogP contribution in [0, 0.1) is 13.8 Å². The van der Waals surface area contributed by atoms with E-state index in [1.54, 1.807) is 0 Å². The Kier molecular flexibility index (Phi) is 9.58. The summed E-state index contributed by atoms with van der Waals surface area (Å²) in [6.07, 6.45) is 2.62. The summed E-state index contributed by atoms with van der Waals surface area (Å²) >= 11 is 0. The van der Waals surface area contributed by atoms with E-state index in [4.69, 9.17) is 0 Å². The number of rotatable bonds is 9. The van der Waals surface area contributed by atoms with Gasteiger partial charge >= 0.3 is 12.1 Å². The molecule has 0 aliphatic carbocycles. The normalized spacial score (nSPS) is 11.7. The number of halogens is 4. The smallest absolute Gasteiger partial charge is 0.416 e. The third kappa shape index (κ3) is 6.80. The van der Waals surface area contributed by atoms with E-state index < -0.39 is 11.7 Å². The van der Waals surface area contributed by atoms with Crippen molar-refractivity contribution in [2.75, 3.05) is 5.75 Å². The van der Waals surface area contributed by atoms with E-state index >= 15 is 0 Å². The average Bonchev–Trinajstić information content (AvgIpc) is 3.10. The first-order valence-corrected chi connectivity index (χ1v) is 12.6. The average molecular weight is 490 g/mol. The molecule has 0 saturated carbocycles. The van der Waals surface area contributed by atoms with Gasteiger partial charge in [0.1, 0.15) is 5.52 Å². The molecule has 0 fully saturated rings. The highest BCUT2D eigenvalue weighted by Gasteiger charge is 2.31. The number of hydrogen-bond donors (Lipinski definition) is 1.